The maximum Gasteiger partial charge on any atom is 0.256 e. The number of carbonyl (C=O) groups excluding carboxylic acids is 1. The lowest BCUT2D eigenvalue weighted by atomic mass is 10.2. The molecule has 2 rings (SSSR count). The minimum atomic E-state index is -0.231. The third-order valence-electron chi connectivity index (χ3n) is 2.41. The van der Waals surface area contributed by atoms with Crippen LogP contribution in [0.4, 0.5) is 5.69 Å². The summed E-state index contributed by atoms with van der Waals surface area (Å²) < 4.78 is 0. The van der Waals surface area contributed by atoms with Gasteiger partial charge in [-0.05, 0) is 30.3 Å². The number of benzene rings is 2. The summed E-state index contributed by atoms with van der Waals surface area (Å²) in [6.07, 6.45) is 1.28. The number of anilines is 1. The van der Waals surface area contributed by atoms with E-state index in [2.05, 4.69) is 15.8 Å². The molecule has 2 aromatic carbocycles. The van der Waals surface area contributed by atoms with E-state index in [4.69, 9.17) is 23.2 Å². The fourth-order valence-corrected chi connectivity index (χ4v) is 1.73. The molecule has 1 amide bonds. The fraction of sp³-hybridized carbons (Fsp3) is 0. The predicted molar refractivity (Wildman–Crippen MR) is 82.5 cm³/mol. The number of nitrogens with one attached hydrogen (secondary N) is 2. The van der Waals surface area contributed by atoms with E-state index >= 15 is 0 Å². The smallest absolute Gasteiger partial charge is 0.256 e. The molecule has 0 saturated heterocycles. The minimum Gasteiger partial charge on any atom is -0.311 e. The van der Waals surface area contributed by atoms with Crippen molar-refractivity contribution in [3.63, 3.8) is 0 Å². The van der Waals surface area contributed by atoms with Gasteiger partial charge in [0.25, 0.3) is 5.91 Å². The van der Waals surface area contributed by atoms with Crippen molar-refractivity contribution < 1.29 is 4.79 Å². The van der Waals surface area contributed by atoms with E-state index in [-0.39, 0.29) is 5.91 Å². The molecule has 2 N–H and O–H groups in total. The monoisotopic (exact) mass is 307 g/mol. The van der Waals surface area contributed by atoms with Gasteiger partial charge >= 0.3 is 0 Å². The molecule has 20 heavy (non-hydrogen) atoms. The van der Waals surface area contributed by atoms with Crippen LogP contribution in [-0.2, 0) is 0 Å². The number of nitrogens with zero attached hydrogens (tertiary/aromatic N) is 1. The lowest BCUT2D eigenvalue weighted by Gasteiger charge is -2.02. The molecule has 0 atom stereocenters. The Bertz CT molecular complexity index is 630. The Balaban J connectivity index is 1.88. The highest BCUT2D eigenvalue weighted by molar-refractivity contribution is 6.42. The average Bonchev–Trinajstić information content (AvgIpc) is 2.48. The molecule has 0 saturated carbocycles. The van der Waals surface area contributed by atoms with Gasteiger partial charge in [-0.15, -0.1) is 0 Å². The van der Waals surface area contributed by atoms with Crippen molar-refractivity contribution in [2.45, 2.75) is 0 Å². The Morgan fingerprint density at radius 1 is 1.05 bits per heavy atom. The number of hydrogen-bond donors (Lipinski definition) is 2. The summed E-state index contributed by atoms with van der Waals surface area (Å²) in [4.78, 5) is 11.7. The maximum absolute atomic E-state index is 11.7. The molecule has 0 bridgehead atoms. The first kappa shape index (κ1) is 14.4. The molecule has 102 valence electrons. The van der Waals surface area contributed by atoms with Crippen molar-refractivity contribution in [2.24, 2.45) is 5.10 Å². The fourth-order valence-electron chi connectivity index (χ4n) is 1.44. The Morgan fingerprint density at radius 3 is 2.50 bits per heavy atom. The quantitative estimate of drug-likeness (QED) is 0.513. The van der Waals surface area contributed by atoms with Crippen molar-refractivity contribution in [3.05, 3.63) is 64.1 Å². The lowest BCUT2D eigenvalue weighted by molar-refractivity contribution is 0.0978. The number of hydrazone groups is 1. The largest absolute Gasteiger partial charge is 0.311 e. The molecular formula is C14H11Cl2N3O. The summed E-state index contributed by atoms with van der Waals surface area (Å²) in [5.74, 6) is -0.231. The zero-order chi connectivity index (χ0) is 14.4. The summed E-state index contributed by atoms with van der Waals surface area (Å²) in [6, 6.07) is 13.9. The zero-order valence-electron chi connectivity index (χ0n) is 10.3. The van der Waals surface area contributed by atoms with Crippen molar-refractivity contribution in [1.29, 1.82) is 0 Å². The van der Waals surface area contributed by atoms with Crippen LogP contribution in [0.2, 0.25) is 10.0 Å². The Hall–Kier alpha value is -2.04. The van der Waals surface area contributed by atoms with Crippen LogP contribution in [0.25, 0.3) is 0 Å². The highest BCUT2D eigenvalue weighted by Gasteiger charge is 2.01. The first-order chi connectivity index (χ1) is 9.66. The molecule has 0 spiro atoms. The number of halogens is 2. The van der Waals surface area contributed by atoms with Gasteiger partial charge in [-0.2, -0.15) is 5.10 Å². The summed E-state index contributed by atoms with van der Waals surface area (Å²) in [7, 11) is 0. The van der Waals surface area contributed by atoms with Gasteiger partial charge in [-0.25, -0.2) is 0 Å². The van der Waals surface area contributed by atoms with E-state index in [0.29, 0.717) is 21.3 Å². The highest BCUT2D eigenvalue weighted by Crippen LogP contribution is 2.24. The molecule has 0 fully saturated rings. The van der Waals surface area contributed by atoms with Gasteiger partial charge in [0.05, 0.1) is 15.7 Å². The first-order valence-electron chi connectivity index (χ1n) is 5.75. The van der Waals surface area contributed by atoms with Gasteiger partial charge in [0.1, 0.15) is 6.34 Å². The molecule has 4 nitrogen and oxygen atoms in total. The number of hydrogen-bond acceptors (Lipinski definition) is 3. The maximum atomic E-state index is 11.7. The van der Waals surface area contributed by atoms with E-state index in [1.54, 1.807) is 42.5 Å². The van der Waals surface area contributed by atoms with Crippen LogP contribution in [0.1, 0.15) is 10.4 Å². The SMILES string of the molecule is O=C(N/C=N/Nc1ccc(Cl)c(Cl)c1)c1ccccc1. The molecule has 0 radical (unpaired) electrons. The summed E-state index contributed by atoms with van der Waals surface area (Å²) in [5.41, 5.74) is 3.97. The van der Waals surface area contributed by atoms with E-state index in [1.165, 1.54) is 6.34 Å². The Morgan fingerprint density at radius 2 is 1.80 bits per heavy atom. The molecular weight excluding hydrogens is 297 g/mol. The molecule has 6 heteroatoms. The molecule has 2 aromatic rings. The van der Waals surface area contributed by atoms with Gasteiger partial charge in [0, 0.05) is 5.56 Å². The van der Waals surface area contributed by atoms with Gasteiger partial charge in [0.2, 0.25) is 0 Å². The van der Waals surface area contributed by atoms with E-state index < -0.39 is 0 Å². The minimum absolute atomic E-state index is 0.231. The number of rotatable bonds is 4. The molecule has 0 aliphatic heterocycles. The van der Waals surface area contributed by atoms with Gasteiger partial charge in [-0.3, -0.25) is 10.2 Å². The molecule has 0 aromatic heterocycles. The van der Waals surface area contributed by atoms with Crippen LogP contribution in [0.15, 0.2) is 53.6 Å². The zero-order valence-corrected chi connectivity index (χ0v) is 11.8. The molecule has 0 unspecified atom stereocenters. The standard InChI is InChI=1S/C14H11Cl2N3O/c15-12-7-6-11(8-13(12)16)19-18-9-17-14(20)10-4-2-1-3-5-10/h1-9,19H,(H,17,18,20). The second kappa shape index (κ2) is 6.93. The summed E-state index contributed by atoms with van der Waals surface area (Å²) in [5, 5.41) is 7.31. The van der Waals surface area contributed by atoms with Crippen LogP contribution >= 0.6 is 23.2 Å². The van der Waals surface area contributed by atoms with E-state index in [9.17, 15) is 4.79 Å². The second-order valence-corrected chi connectivity index (χ2v) is 4.65. The van der Waals surface area contributed by atoms with Crippen molar-refractivity contribution in [3.8, 4) is 0 Å². The normalized spacial score (nSPS) is 10.5. The third-order valence-corrected chi connectivity index (χ3v) is 3.15. The lowest BCUT2D eigenvalue weighted by Crippen LogP contribution is -2.21. The van der Waals surface area contributed by atoms with Crippen molar-refractivity contribution >= 4 is 41.1 Å². The predicted octanol–water partition coefficient (Wildman–Crippen LogP) is 3.78. The van der Waals surface area contributed by atoms with Crippen LogP contribution in [0, 0.1) is 0 Å². The second-order valence-electron chi connectivity index (χ2n) is 3.84. The molecule has 0 aliphatic rings. The van der Waals surface area contributed by atoms with Crippen molar-refractivity contribution in [2.75, 3.05) is 5.43 Å². The van der Waals surface area contributed by atoms with Crippen LogP contribution in [0.5, 0.6) is 0 Å². The van der Waals surface area contributed by atoms with E-state index in [0.717, 1.165) is 0 Å². The third kappa shape index (κ3) is 3.98. The van der Waals surface area contributed by atoms with Crippen LogP contribution in [0.3, 0.4) is 0 Å². The number of carbonyl (C=O) groups is 1. The Labute approximate surface area is 126 Å². The molecule has 0 aliphatic carbocycles. The van der Waals surface area contributed by atoms with Crippen LogP contribution < -0.4 is 10.7 Å². The van der Waals surface area contributed by atoms with E-state index in [1.807, 2.05) is 6.07 Å². The number of amides is 1. The van der Waals surface area contributed by atoms with Crippen molar-refractivity contribution in [1.82, 2.24) is 5.32 Å². The van der Waals surface area contributed by atoms with Gasteiger partial charge in [0.15, 0.2) is 0 Å². The first-order valence-corrected chi connectivity index (χ1v) is 6.51. The highest BCUT2D eigenvalue weighted by atomic mass is 35.5. The van der Waals surface area contributed by atoms with Gasteiger partial charge < -0.3 is 5.32 Å². The molecule has 0 heterocycles. The van der Waals surface area contributed by atoms with Crippen LogP contribution in [-0.4, -0.2) is 12.2 Å². The van der Waals surface area contributed by atoms with Gasteiger partial charge in [-0.1, -0.05) is 41.4 Å². The average molecular weight is 308 g/mol. The Kier molecular flexibility index (Phi) is 4.98. The topological polar surface area (TPSA) is 53.5 Å². The summed E-state index contributed by atoms with van der Waals surface area (Å²) in [6.45, 7) is 0. The summed E-state index contributed by atoms with van der Waals surface area (Å²) >= 11 is 11.7.